The molecule has 0 bridgehead atoms. The number of rotatable bonds is 0. The molecule has 0 atom stereocenters. The van der Waals surface area contributed by atoms with E-state index in [4.69, 9.17) is 0 Å². The van der Waals surface area contributed by atoms with Crippen molar-refractivity contribution in [3.05, 3.63) is 0 Å². The first-order valence-corrected chi connectivity index (χ1v) is 5.46. The van der Waals surface area contributed by atoms with Crippen LogP contribution in [0.25, 0.3) is 0 Å². The lowest BCUT2D eigenvalue weighted by Gasteiger charge is -2.12. The molecular weight excluding hydrogens is 280 g/mol. The average molecular weight is 288 g/mol. The molecule has 10 heteroatoms. The van der Waals surface area contributed by atoms with Gasteiger partial charge in [0, 0.05) is 0 Å². The lowest BCUT2D eigenvalue weighted by Crippen LogP contribution is -2.49. The topological polar surface area (TPSA) is 116 Å². The first-order valence-electron chi connectivity index (χ1n) is 4.64. The Kier molecular flexibility index (Phi) is 4.80. The highest BCUT2D eigenvalue weighted by atomic mass is 32.1. The van der Waals surface area contributed by atoms with E-state index in [0.29, 0.717) is 0 Å². The van der Waals surface area contributed by atoms with Gasteiger partial charge in [0.1, 0.15) is 12.8 Å². The SMILES string of the molecule is O=C1CC(=O)NC(=S)N1.O=C1CC(=O)NC(=S)N1. The molecule has 8 nitrogen and oxygen atoms in total. The van der Waals surface area contributed by atoms with Crippen LogP contribution in [0.4, 0.5) is 0 Å². The van der Waals surface area contributed by atoms with Crippen molar-refractivity contribution in [1.82, 2.24) is 21.3 Å². The molecule has 2 aliphatic rings. The molecule has 0 aromatic carbocycles. The van der Waals surface area contributed by atoms with E-state index in [-0.39, 0.29) is 46.7 Å². The fraction of sp³-hybridized carbons (Fsp3) is 0.250. The third-order valence-electron chi connectivity index (χ3n) is 1.65. The molecule has 2 heterocycles. The minimum absolute atomic E-state index is 0.0938. The fourth-order valence-electron chi connectivity index (χ4n) is 1.04. The number of thiocarbonyl (C=S) groups is 2. The van der Waals surface area contributed by atoms with E-state index in [1.165, 1.54) is 0 Å². The standard InChI is InChI=1S/2C4H4N2O2S/c2*7-2-1-3(8)6-4(9)5-2/h2*1H2,(H2,5,6,7,8,9). The zero-order valence-corrected chi connectivity index (χ0v) is 10.5. The van der Waals surface area contributed by atoms with Gasteiger partial charge in [-0.25, -0.2) is 0 Å². The monoisotopic (exact) mass is 288 g/mol. The predicted molar refractivity (Wildman–Crippen MR) is 67.0 cm³/mol. The molecule has 4 N–H and O–H groups in total. The lowest BCUT2D eigenvalue weighted by atomic mass is 10.3. The van der Waals surface area contributed by atoms with Crippen LogP contribution in [0.3, 0.4) is 0 Å². The molecular formula is C8H8N4O4S2. The second-order valence-corrected chi connectivity index (χ2v) is 4.02. The maximum atomic E-state index is 10.4. The van der Waals surface area contributed by atoms with Crippen LogP contribution in [0.2, 0.25) is 0 Å². The molecule has 0 aromatic rings. The average Bonchev–Trinajstić information content (AvgIpc) is 2.12. The van der Waals surface area contributed by atoms with Crippen LogP contribution in [0.1, 0.15) is 12.8 Å². The van der Waals surface area contributed by atoms with Crippen LogP contribution < -0.4 is 21.3 Å². The highest BCUT2D eigenvalue weighted by Gasteiger charge is 2.18. The molecule has 18 heavy (non-hydrogen) atoms. The fourth-order valence-corrected chi connectivity index (χ4v) is 1.49. The van der Waals surface area contributed by atoms with Gasteiger partial charge in [0.15, 0.2) is 10.2 Å². The highest BCUT2D eigenvalue weighted by Crippen LogP contribution is 1.87. The molecule has 96 valence electrons. The summed E-state index contributed by atoms with van der Waals surface area (Å²) in [5, 5.41) is 9.27. The zero-order chi connectivity index (χ0) is 13.7. The number of hydrogen-bond acceptors (Lipinski definition) is 6. The first kappa shape index (κ1) is 14.1. The van der Waals surface area contributed by atoms with Gasteiger partial charge in [0.25, 0.3) is 0 Å². The molecule has 0 aliphatic carbocycles. The minimum atomic E-state index is -0.344. The minimum Gasteiger partial charge on any atom is -0.302 e. The zero-order valence-electron chi connectivity index (χ0n) is 8.86. The van der Waals surface area contributed by atoms with Crippen LogP contribution in [0, 0.1) is 0 Å². The van der Waals surface area contributed by atoms with Gasteiger partial charge in [0.05, 0.1) is 0 Å². The molecule has 2 rings (SSSR count). The van der Waals surface area contributed by atoms with Crippen molar-refractivity contribution in [3.63, 3.8) is 0 Å². The van der Waals surface area contributed by atoms with Crippen molar-refractivity contribution in [3.8, 4) is 0 Å². The summed E-state index contributed by atoms with van der Waals surface area (Å²) in [5.74, 6) is -1.37. The Balaban J connectivity index is 0.000000180. The third-order valence-corrected chi connectivity index (χ3v) is 2.06. The van der Waals surface area contributed by atoms with Crippen LogP contribution in [0.15, 0.2) is 0 Å². The summed E-state index contributed by atoms with van der Waals surface area (Å²) < 4.78 is 0. The molecule has 0 unspecified atom stereocenters. The summed E-state index contributed by atoms with van der Waals surface area (Å²) in [4.78, 5) is 41.7. The van der Waals surface area contributed by atoms with Crippen molar-refractivity contribution < 1.29 is 19.2 Å². The summed E-state index contributed by atoms with van der Waals surface area (Å²) in [6.45, 7) is 0. The Morgan fingerprint density at radius 1 is 0.611 bits per heavy atom. The molecule has 2 saturated heterocycles. The molecule has 2 aliphatic heterocycles. The van der Waals surface area contributed by atoms with E-state index in [9.17, 15) is 19.2 Å². The van der Waals surface area contributed by atoms with Crippen LogP contribution in [0.5, 0.6) is 0 Å². The lowest BCUT2D eigenvalue weighted by molar-refractivity contribution is -0.130. The number of nitrogens with one attached hydrogen (secondary N) is 4. The van der Waals surface area contributed by atoms with Gasteiger partial charge in [-0.1, -0.05) is 0 Å². The Morgan fingerprint density at radius 2 is 0.833 bits per heavy atom. The Bertz CT molecular complexity index is 329. The summed E-state index contributed by atoms with van der Waals surface area (Å²) in [6, 6.07) is 0. The van der Waals surface area contributed by atoms with Crippen molar-refractivity contribution in [2.24, 2.45) is 0 Å². The number of hydrogen-bond donors (Lipinski definition) is 4. The van der Waals surface area contributed by atoms with Crippen LogP contribution in [-0.4, -0.2) is 33.9 Å². The van der Waals surface area contributed by atoms with Gasteiger partial charge in [-0.2, -0.15) is 0 Å². The third kappa shape index (κ3) is 4.93. The van der Waals surface area contributed by atoms with Gasteiger partial charge in [-0.3, -0.25) is 19.2 Å². The Hall–Kier alpha value is -1.94. The van der Waals surface area contributed by atoms with Gasteiger partial charge < -0.3 is 21.3 Å². The number of carbonyl (C=O) groups is 4. The maximum absolute atomic E-state index is 10.4. The predicted octanol–water partition coefficient (Wildman–Crippen LogP) is -2.19. The van der Waals surface area contributed by atoms with Crippen molar-refractivity contribution in [1.29, 1.82) is 0 Å². The normalized spacial score (nSPS) is 18.9. The van der Waals surface area contributed by atoms with E-state index < -0.39 is 0 Å². The van der Waals surface area contributed by atoms with Gasteiger partial charge in [-0.15, -0.1) is 0 Å². The van der Waals surface area contributed by atoms with E-state index in [1.807, 2.05) is 0 Å². The van der Waals surface area contributed by atoms with Gasteiger partial charge in [-0.05, 0) is 24.4 Å². The van der Waals surface area contributed by atoms with Crippen LogP contribution >= 0.6 is 24.4 Å². The summed E-state index contributed by atoms with van der Waals surface area (Å²) in [7, 11) is 0. The summed E-state index contributed by atoms with van der Waals surface area (Å²) >= 11 is 8.99. The second-order valence-electron chi connectivity index (χ2n) is 3.20. The second kappa shape index (κ2) is 6.12. The van der Waals surface area contributed by atoms with Crippen molar-refractivity contribution in [2.75, 3.05) is 0 Å². The highest BCUT2D eigenvalue weighted by molar-refractivity contribution is 7.80. The quantitative estimate of drug-likeness (QED) is 0.297. The number of amides is 4. The van der Waals surface area contributed by atoms with Gasteiger partial charge in [0.2, 0.25) is 23.6 Å². The van der Waals surface area contributed by atoms with Gasteiger partial charge >= 0.3 is 0 Å². The van der Waals surface area contributed by atoms with E-state index >= 15 is 0 Å². The summed E-state index contributed by atoms with van der Waals surface area (Å²) in [5.41, 5.74) is 0. The molecule has 2 fully saturated rings. The van der Waals surface area contributed by atoms with Crippen molar-refractivity contribution >= 4 is 58.3 Å². The molecule has 0 aromatic heterocycles. The van der Waals surface area contributed by atoms with E-state index in [2.05, 4.69) is 45.7 Å². The molecule has 0 saturated carbocycles. The van der Waals surface area contributed by atoms with E-state index in [1.54, 1.807) is 0 Å². The first-order chi connectivity index (χ1) is 8.36. The maximum Gasteiger partial charge on any atom is 0.235 e. The van der Waals surface area contributed by atoms with E-state index in [0.717, 1.165) is 0 Å². The largest absolute Gasteiger partial charge is 0.302 e. The molecule has 0 radical (unpaired) electrons. The molecule has 0 spiro atoms. The summed E-state index contributed by atoms with van der Waals surface area (Å²) in [6.07, 6.45) is -0.250. The Morgan fingerprint density at radius 3 is 1.00 bits per heavy atom. The Labute approximate surface area is 112 Å². The molecule has 4 amide bonds. The smallest absolute Gasteiger partial charge is 0.235 e. The number of carbonyl (C=O) groups excluding carboxylic acids is 4. The van der Waals surface area contributed by atoms with Crippen LogP contribution in [-0.2, 0) is 19.2 Å². The van der Waals surface area contributed by atoms with Crippen molar-refractivity contribution in [2.45, 2.75) is 12.8 Å².